The lowest BCUT2D eigenvalue weighted by atomic mass is 9.83. The van der Waals surface area contributed by atoms with Gasteiger partial charge in [0, 0.05) is 23.9 Å². The van der Waals surface area contributed by atoms with Gasteiger partial charge in [-0.25, -0.2) is 0 Å². The van der Waals surface area contributed by atoms with Crippen LogP contribution in [0.15, 0.2) is 48.6 Å². The molecule has 1 aliphatic heterocycles. The summed E-state index contributed by atoms with van der Waals surface area (Å²) in [6.07, 6.45) is 10.3. The first-order chi connectivity index (χ1) is 7.93. The minimum absolute atomic E-state index is 0.563. The molecule has 0 saturated carbocycles. The molecule has 0 radical (unpaired) electrons. The van der Waals surface area contributed by atoms with Crippen molar-refractivity contribution in [3.63, 3.8) is 0 Å². The zero-order valence-corrected chi connectivity index (χ0v) is 9.14. The van der Waals surface area contributed by atoms with Crippen molar-refractivity contribution in [1.82, 2.24) is 5.32 Å². The van der Waals surface area contributed by atoms with Crippen LogP contribution in [0.1, 0.15) is 17.0 Å². The third-order valence-corrected chi connectivity index (χ3v) is 4.29. The summed E-state index contributed by atoms with van der Waals surface area (Å²) < 4.78 is 0. The van der Waals surface area contributed by atoms with E-state index in [1.165, 1.54) is 6.42 Å². The molecule has 4 atom stereocenters. The van der Waals surface area contributed by atoms with Crippen LogP contribution in [0.25, 0.3) is 0 Å². The highest BCUT2D eigenvalue weighted by atomic mass is 15.0. The molecule has 1 heteroatoms. The van der Waals surface area contributed by atoms with E-state index in [1.807, 2.05) is 0 Å². The molecule has 1 fully saturated rings. The number of allylic oxidation sites excluding steroid dienone is 2. The molecule has 3 aliphatic rings. The molecule has 0 amide bonds. The van der Waals surface area contributed by atoms with E-state index in [-0.39, 0.29) is 0 Å². The Kier molecular flexibility index (Phi) is 1.69. The van der Waals surface area contributed by atoms with Crippen LogP contribution in [0.2, 0.25) is 0 Å². The zero-order chi connectivity index (χ0) is 10.5. The largest absolute Gasteiger partial charge is 0.306 e. The summed E-state index contributed by atoms with van der Waals surface area (Å²) in [7, 11) is 0. The van der Waals surface area contributed by atoms with E-state index >= 15 is 0 Å². The monoisotopic (exact) mass is 209 g/mol. The Morgan fingerprint density at radius 3 is 2.94 bits per heavy atom. The maximum Gasteiger partial charge on any atom is 0.0325 e. The van der Waals surface area contributed by atoms with Crippen molar-refractivity contribution in [2.24, 2.45) is 5.92 Å². The summed E-state index contributed by atoms with van der Waals surface area (Å²) in [4.78, 5) is 0. The first kappa shape index (κ1) is 8.77. The summed E-state index contributed by atoms with van der Waals surface area (Å²) in [6.45, 7) is 0. The number of benzene rings is 1. The molecule has 4 rings (SSSR count). The smallest absolute Gasteiger partial charge is 0.0325 e. The number of hydrogen-bond acceptors (Lipinski definition) is 1. The van der Waals surface area contributed by atoms with Gasteiger partial charge in [0.25, 0.3) is 0 Å². The molecule has 4 unspecified atom stereocenters. The molecule has 1 aromatic rings. The van der Waals surface area contributed by atoms with Crippen molar-refractivity contribution < 1.29 is 0 Å². The Morgan fingerprint density at radius 2 is 1.94 bits per heavy atom. The quantitative estimate of drug-likeness (QED) is 0.692. The third kappa shape index (κ3) is 1.04. The van der Waals surface area contributed by atoms with Gasteiger partial charge in [0.05, 0.1) is 0 Å². The lowest BCUT2D eigenvalue weighted by Crippen LogP contribution is -2.30. The average molecular weight is 209 g/mol. The first-order valence-corrected chi connectivity index (χ1v) is 6.12. The Labute approximate surface area is 95.9 Å². The fourth-order valence-corrected chi connectivity index (χ4v) is 3.65. The molecule has 16 heavy (non-hydrogen) atoms. The molecule has 1 heterocycles. The lowest BCUT2D eigenvalue weighted by molar-refractivity contribution is 0.556. The first-order valence-electron chi connectivity index (χ1n) is 6.12. The molecular formula is C15H15N. The van der Waals surface area contributed by atoms with E-state index in [9.17, 15) is 0 Å². The second-order valence-corrected chi connectivity index (χ2v) is 5.07. The van der Waals surface area contributed by atoms with Crippen molar-refractivity contribution in [1.29, 1.82) is 0 Å². The molecule has 0 aromatic heterocycles. The van der Waals surface area contributed by atoms with Gasteiger partial charge in [0.15, 0.2) is 0 Å². The van der Waals surface area contributed by atoms with Gasteiger partial charge in [0.1, 0.15) is 0 Å². The zero-order valence-electron chi connectivity index (χ0n) is 9.14. The minimum atomic E-state index is 0.563. The molecule has 0 bridgehead atoms. The van der Waals surface area contributed by atoms with Crippen molar-refractivity contribution in [3.8, 4) is 0 Å². The molecule has 1 aromatic carbocycles. The molecule has 80 valence electrons. The van der Waals surface area contributed by atoms with Crippen LogP contribution in [0.4, 0.5) is 0 Å². The van der Waals surface area contributed by atoms with Crippen molar-refractivity contribution >= 4 is 0 Å². The van der Waals surface area contributed by atoms with Gasteiger partial charge < -0.3 is 5.32 Å². The summed E-state index contributed by atoms with van der Waals surface area (Å²) in [6, 6.07) is 10.2. The van der Waals surface area contributed by atoms with Crippen LogP contribution < -0.4 is 5.32 Å². The van der Waals surface area contributed by atoms with Gasteiger partial charge in [-0.05, 0) is 17.5 Å². The predicted octanol–water partition coefficient (Wildman–Crippen LogP) is 2.41. The fourth-order valence-electron chi connectivity index (χ4n) is 3.65. The van der Waals surface area contributed by atoms with Crippen molar-refractivity contribution in [2.75, 3.05) is 0 Å². The van der Waals surface area contributed by atoms with Gasteiger partial charge in [-0.15, -0.1) is 0 Å². The summed E-state index contributed by atoms with van der Waals surface area (Å²) >= 11 is 0. The van der Waals surface area contributed by atoms with E-state index in [2.05, 4.69) is 53.9 Å². The molecule has 1 nitrogen and oxygen atoms in total. The molecule has 0 spiro atoms. The number of fused-ring (bicyclic) bond motifs is 5. The molecule has 1 saturated heterocycles. The number of nitrogens with one attached hydrogen (secondary N) is 1. The Bertz CT molecular complexity index is 486. The van der Waals surface area contributed by atoms with Crippen LogP contribution in [0.5, 0.6) is 0 Å². The van der Waals surface area contributed by atoms with Crippen molar-refractivity contribution in [2.45, 2.75) is 24.4 Å². The van der Waals surface area contributed by atoms with Gasteiger partial charge in [0.2, 0.25) is 0 Å². The highest BCUT2D eigenvalue weighted by Crippen LogP contribution is 2.45. The Morgan fingerprint density at radius 1 is 1.06 bits per heavy atom. The normalized spacial score (nSPS) is 38.2. The van der Waals surface area contributed by atoms with Crippen LogP contribution in [0, 0.1) is 5.92 Å². The van der Waals surface area contributed by atoms with E-state index in [0.29, 0.717) is 23.9 Å². The topological polar surface area (TPSA) is 12.0 Å². The third-order valence-electron chi connectivity index (χ3n) is 4.29. The molecular weight excluding hydrogens is 194 g/mol. The van der Waals surface area contributed by atoms with Crippen LogP contribution >= 0.6 is 0 Å². The highest BCUT2D eigenvalue weighted by molar-refractivity contribution is 5.43. The Hall–Kier alpha value is -1.34. The SMILES string of the molecule is C1=CC2NC3Cc4ccccc4C3C2C=C1. The minimum Gasteiger partial charge on any atom is -0.306 e. The molecule has 1 N–H and O–H groups in total. The number of rotatable bonds is 0. The van der Waals surface area contributed by atoms with E-state index in [4.69, 9.17) is 0 Å². The lowest BCUT2D eigenvalue weighted by Gasteiger charge is -2.20. The van der Waals surface area contributed by atoms with Gasteiger partial charge in [-0.3, -0.25) is 0 Å². The average Bonchev–Trinajstić information content (AvgIpc) is 2.83. The number of hydrogen-bond donors (Lipinski definition) is 1. The van der Waals surface area contributed by atoms with Gasteiger partial charge >= 0.3 is 0 Å². The molecule has 2 aliphatic carbocycles. The standard InChI is InChI=1S/C15H15N/c1-2-6-11-10(5-1)9-14-15(11)12-7-3-4-8-13(12)16-14/h1-8,12-16H,9H2. The predicted molar refractivity (Wildman–Crippen MR) is 65.4 cm³/mol. The maximum absolute atomic E-state index is 3.76. The van der Waals surface area contributed by atoms with Gasteiger partial charge in [-0.2, -0.15) is 0 Å². The summed E-state index contributed by atoms with van der Waals surface area (Å²) in [5.74, 6) is 1.36. The van der Waals surface area contributed by atoms with Gasteiger partial charge in [-0.1, -0.05) is 48.6 Å². The van der Waals surface area contributed by atoms with Crippen LogP contribution in [0.3, 0.4) is 0 Å². The summed E-state index contributed by atoms with van der Waals surface area (Å²) in [5, 5.41) is 3.76. The second-order valence-electron chi connectivity index (χ2n) is 5.07. The van der Waals surface area contributed by atoms with E-state index in [0.717, 1.165) is 0 Å². The fraction of sp³-hybridized carbons (Fsp3) is 0.333. The van der Waals surface area contributed by atoms with E-state index in [1.54, 1.807) is 11.1 Å². The van der Waals surface area contributed by atoms with Crippen LogP contribution in [-0.2, 0) is 6.42 Å². The summed E-state index contributed by atoms with van der Waals surface area (Å²) in [5.41, 5.74) is 3.12. The van der Waals surface area contributed by atoms with Crippen LogP contribution in [-0.4, -0.2) is 12.1 Å². The maximum atomic E-state index is 3.76. The van der Waals surface area contributed by atoms with E-state index < -0.39 is 0 Å². The van der Waals surface area contributed by atoms with Crippen molar-refractivity contribution in [3.05, 3.63) is 59.7 Å². The second kappa shape index (κ2) is 3.08. The highest BCUT2D eigenvalue weighted by Gasteiger charge is 2.45. The Balaban J connectivity index is 1.81.